The normalized spacial score (nSPS) is 13.0. The first-order valence-electron chi connectivity index (χ1n) is 6.79. The van der Waals surface area contributed by atoms with Gasteiger partial charge in [-0.2, -0.15) is 0 Å². The third-order valence-corrected chi connectivity index (χ3v) is 2.91. The van der Waals surface area contributed by atoms with Crippen LogP contribution in [0, 0.1) is 0 Å². The summed E-state index contributed by atoms with van der Waals surface area (Å²) in [6.07, 6.45) is -0.284. The van der Waals surface area contributed by atoms with Gasteiger partial charge in [0.05, 0.1) is 6.42 Å². The minimum atomic E-state index is -1.47. The van der Waals surface area contributed by atoms with E-state index in [4.69, 9.17) is 15.2 Å². The number of carbonyl (C=O) groups is 2. The summed E-state index contributed by atoms with van der Waals surface area (Å²) in [5, 5.41) is 0. The van der Waals surface area contributed by atoms with Gasteiger partial charge in [-0.15, -0.1) is 0 Å². The van der Waals surface area contributed by atoms with Crippen LogP contribution in [0.15, 0.2) is 60.7 Å². The van der Waals surface area contributed by atoms with Gasteiger partial charge in [0.25, 0.3) is 0 Å². The minimum Gasteiger partial charge on any atom is -0.426 e. The maximum Gasteiger partial charge on any atom is 0.331 e. The molecule has 0 aliphatic carbocycles. The lowest BCUT2D eigenvalue weighted by molar-refractivity contribution is -0.146. The van der Waals surface area contributed by atoms with Crippen molar-refractivity contribution in [3.63, 3.8) is 0 Å². The fourth-order valence-electron chi connectivity index (χ4n) is 1.74. The SMILES string of the molecule is C[C@](N)(CC(=O)Oc1ccccc1)C(=O)Oc1ccccc1. The van der Waals surface area contributed by atoms with Gasteiger partial charge in [-0.05, 0) is 31.2 Å². The molecule has 0 unspecified atom stereocenters. The van der Waals surface area contributed by atoms with Crippen molar-refractivity contribution in [2.75, 3.05) is 0 Å². The molecule has 2 aromatic rings. The summed E-state index contributed by atoms with van der Waals surface area (Å²) in [6.45, 7) is 1.44. The van der Waals surface area contributed by atoms with E-state index in [1.807, 2.05) is 6.07 Å². The average molecular weight is 299 g/mol. The smallest absolute Gasteiger partial charge is 0.331 e. The molecule has 5 nitrogen and oxygen atoms in total. The van der Waals surface area contributed by atoms with Crippen molar-refractivity contribution < 1.29 is 19.1 Å². The van der Waals surface area contributed by atoms with Crippen molar-refractivity contribution in [2.45, 2.75) is 18.9 Å². The topological polar surface area (TPSA) is 78.6 Å². The summed E-state index contributed by atoms with van der Waals surface area (Å²) in [6, 6.07) is 17.1. The number of benzene rings is 2. The molecule has 2 rings (SSSR count). The second-order valence-electron chi connectivity index (χ2n) is 5.08. The molecule has 0 aliphatic heterocycles. The van der Waals surface area contributed by atoms with E-state index in [1.54, 1.807) is 54.6 Å². The van der Waals surface area contributed by atoms with Gasteiger partial charge in [0.1, 0.15) is 17.0 Å². The molecule has 0 aliphatic rings. The minimum absolute atomic E-state index is 0.284. The van der Waals surface area contributed by atoms with Crippen LogP contribution in [0.3, 0.4) is 0 Å². The number of nitrogens with two attached hydrogens (primary N) is 1. The lowest BCUT2D eigenvalue weighted by Gasteiger charge is -2.21. The first-order chi connectivity index (χ1) is 10.5. The Kier molecular flexibility index (Phi) is 4.91. The van der Waals surface area contributed by atoms with E-state index in [1.165, 1.54) is 6.92 Å². The molecule has 0 fully saturated rings. The summed E-state index contributed by atoms with van der Waals surface area (Å²) >= 11 is 0. The zero-order chi connectivity index (χ0) is 16.0. The molecule has 5 heteroatoms. The predicted octanol–water partition coefficient (Wildman–Crippen LogP) is 2.31. The summed E-state index contributed by atoms with van der Waals surface area (Å²) in [5.74, 6) is -0.509. The summed E-state index contributed by atoms with van der Waals surface area (Å²) < 4.78 is 10.3. The van der Waals surface area contributed by atoms with Crippen LogP contribution in [0.25, 0.3) is 0 Å². The molecule has 0 aromatic heterocycles. The highest BCUT2D eigenvalue weighted by molar-refractivity contribution is 5.88. The van der Waals surface area contributed by atoms with Crippen molar-refractivity contribution in [3.8, 4) is 11.5 Å². The number of carbonyl (C=O) groups excluding carboxylic acids is 2. The van der Waals surface area contributed by atoms with Crippen LogP contribution in [0.5, 0.6) is 11.5 Å². The standard InChI is InChI=1S/C17H17NO4/c1-17(18,16(20)22-14-10-6-3-7-11-14)12-15(19)21-13-8-4-2-5-9-13/h2-11H,12,18H2,1H3/t17-/m0/s1. The molecule has 22 heavy (non-hydrogen) atoms. The largest absolute Gasteiger partial charge is 0.426 e. The van der Waals surface area contributed by atoms with Gasteiger partial charge in [0.2, 0.25) is 0 Å². The number of hydrogen-bond donors (Lipinski definition) is 1. The van der Waals surface area contributed by atoms with E-state index in [9.17, 15) is 9.59 Å². The molecule has 0 spiro atoms. The summed E-state index contributed by atoms with van der Waals surface area (Å²) in [4.78, 5) is 23.9. The Morgan fingerprint density at radius 3 is 1.86 bits per heavy atom. The van der Waals surface area contributed by atoms with E-state index in [0.717, 1.165) is 0 Å². The fourth-order valence-corrected chi connectivity index (χ4v) is 1.74. The fraction of sp³-hybridized carbons (Fsp3) is 0.176. The van der Waals surface area contributed by atoms with E-state index < -0.39 is 17.5 Å². The summed E-state index contributed by atoms with van der Waals surface area (Å²) in [7, 11) is 0. The Labute approximate surface area is 128 Å². The van der Waals surface area contributed by atoms with Gasteiger partial charge in [-0.3, -0.25) is 4.79 Å². The molecular weight excluding hydrogens is 282 g/mol. The second kappa shape index (κ2) is 6.87. The number of esters is 2. The van der Waals surface area contributed by atoms with Crippen LogP contribution in [0.4, 0.5) is 0 Å². The Morgan fingerprint density at radius 2 is 1.36 bits per heavy atom. The third kappa shape index (κ3) is 4.43. The van der Waals surface area contributed by atoms with Crippen molar-refractivity contribution >= 4 is 11.9 Å². The molecule has 2 N–H and O–H groups in total. The Balaban J connectivity index is 1.94. The number of ether oxygens (including phenoxy) is 2. The third-order valence-electron chi connectivity index (χ3n) is 2.91. The van der Waals surface area contributed by atoms with E-state index in [0.29, 0.717) is 11.5 Å². The lowest BCUT2D eigenvalue weighted by atomic mass is 10.00. The van der Waals surface area contributed by atoms with Crippen molar-refractivity contribution in [2.24, 2.45) is 5.73 Å². The van der Waals surface area contributed by atoms with Crippen LogP contribution in [-0.4, -0.2) is 17.5 Å². The van der Waals surface area contributed by atoms with Crippen molar-refractivity contribution in [3.05, 3.63) is 60.7 Å². The van der Waals surface area contributed by atoms with Crippen molar-refractivity contribution in [1.29, 1.82) is 0 Å². The number of hydrogen-bond acceptors (Lipinski definition) is 5. The van der Waals surface area contributed by atoms with Crippen LogP contribution in [-0.2, 0) is 9.59 Å². The Morgan fingerprint density at radius 1 is 0.909 bits per heavy atom. The number of rotatable bonds is 5. The second-order valence-corrected chi connectivity index (χ2v) is 5.08. The van der Waals surface area contributed by atoms with Crippen LogP contribution < -0.4 is 15.2 Å². The molecule has 2 aromatic carbocycles. The molecule has 0 bridgehead atoms. The Bertz CT molecular complexity index is 638. The highest BCUT2D eigenvalue weighted by Crippen LogP contribution is 2.16. The molecule has 114 valence electrons. The first kappa shape index (κ1) is 15.7. The van der Waals surface area contributed by atoms with Crippen LogP contribution in [0.1, 0.15) is 13.3 Å². The highest BCUT2D eigenvalue weighted by Gasteiger charge is 2.34. The zero-order valence-electron chi connectivity index (χ0n) is 12.2. The number of para-hydroxylation sites is 2. The van der Waals surface area contributed by atoms with Crippen molar-refractivity contribution in [1.82, 2.24) is 0 Å². The monoisotopic (exact) mass is 299 g/mol. The predicted molar refractivity (Wildman–Crippen MR) is 81.4 cm³/mol. The van der Waals surface area contributed by atoms with Gasteiger partial charge < -0.3 is 15.2 Å². The van der Waals surface area contributed by atoms with Gasteiger partial charge >= 0.3 is 11.9 Å². The molecular formula is C17H17NO4. The van der Waals surface area contributed by atoms with Gasteiger partial charge in [0, 0.05) is 0 Å². The maximum absolute atomic E-state index is 12.1. The maximum atomic E-state index is 12.1. The quantitative estimate of drug-likeness (QED) is 0.677. The molecule has 0 heterocycles. The molecule has 0 amide bonds. The van der Waals surface area contributed by atoms with E-state index in [-0.39, 0.29) is 6.42 Å². The van der Waals surface area contributed by atoms with Gasteiger partial charge in [0.15, 0.2) is 0 Å². The highest BCUT2D eigenvalue weighted by atomic mass is 16.5. The molecule has 0 radical (unpaired) electrons. The molecule has 0 saturated carbocycles. The molecule has 1 atom stereocenters. The average Bonchev–Trinajstić information content (AvgIpc) is 2.48. The van der Waals surface area contributed by atoms with Crippen LogP contribution >= 0.6 is 0 Å². The zero-order valence-corrected chi connectivity index (χ0v) is 12.2. The Hall–Kier alpha value is -2.66. The summed E-state index contributed by atoms with van der Waals surface area (Å²) in [5.41, 5.74) is 4.42. The van der Waals surface area contributed by atoms with Gasteiger partial charge in [-0.1, -0.05) is 36.4 Å². The van der Waals surface area contributed by atoms with Crippen LogP contribution in [0.2, 0.25) is 0 Å². The van der Waals surface area contributed by atoms with Gasteiger partial charge in [-0.25, -0.2) is 4.79 Å². The first-order valence-corrected chi connectivity index (χ1v) is 6.79. The van der Waals surface area contributed by atoms with E-state index in [2.05, 4.69) is 0 Å². The molecule has 0 saturated heterocycles. The van der Waals surface area contributed by atoms with E-state index >= 15 is 0 Å². The lowest BCUT2D eigenvalue weighted by Crippen LogP contribution is -2.49.